The largest absolute Gasteiger partial charge is 0.335 e. The molecule has 9 heteroatoms. The Bertz CT molecular complexity index is 1410. The van der Waals surface area contributed by atoms with Gasteiger partial charge in [-0.2, -0.15) is 4.31 Å². The van der Waals surface area contributed by atoms with Crippen molar-refractivity contribution < 1.29 is 13.2 Å². The first-order valence-corrected chi connectivity index (χ1v) is 15.7. The van der Waals surface area contributed by atoms with E-state index in [2.05, 4.69) is 5.32 Å². The molecule has 0 bridgehead atoms. The fourth-order valence-electron chi connectivity index (χ4n) is 5.36. The van der Waals surface area contributed by atoms with Crippen LogP contribution in [0, 0.1) is 34.6 Å². The van der Waals surface area contributed by atoms with Crippen molar-refractivity contribution in [2.24, 2.45) is 0 Å². The maximum Gasteiger partial charge on any atom is 0.317 e. The molecule has 1 aliphatic heterocycles. The molecule has 0 radical (unpaired) electrons. The van der Waals surface area contributed by atoms with Gasteiger partial charge in [0.1, 0.15) is 0 Å². The van der Waals surface area contributed by atoms with Crippen molar-refractivity contribution in [2.75, 3.05) is 26.2 Å². The molecule has 6 nitrogen and oxygen atoms in total. The van der Waals surface area contributed by atoms with Gasteiger partial charge in [0.25, 0.3) is 0 Å². The molecule has 40 heavy (non-hydrogen) atoms. The van der Waals surface area contributed by atoms with E-state index >= 15 is 0 Å². The van der Waals surface area contributed by atoms with Crippen LogP contribution in [0.2, 0.25) is 10.0 Å². The lowest BCUT2D eigenvalue weighted by molar-refractivity contribution is 0.168. The molecule has 0 aliphatic carbocycles. The number of carbonyl (C=O) groups is 1. The molecule has 4 rings (SSSR count). The average molecular weight is 603 g/mol. The fraction of sp³-hybridized carbons (Fsp3) is 0.387. The van der Waals surface area contributed by atoms with Crippen LogP contribution in [0.25, 0.3) is 0 Å². The summed E-state index contributed by atoms with van der Waals surface area (Å²) in [6.45, 7) is 10.9. The SMILES string of the molecule is Cc1c(C)c(C)c(S(=O)(=O)N2CCN(C(=O)NC(Cc3ccc(Cl)cc3)Cc3ccc(Cl)cc3)CC2)c(C)c1C. The van der Waals surface area contributed by atoms with Crippen molar-refractivity contribution >= 4 is 39.3 Å². The Balaban J connectivity index is 1.46. The molecule has 2 amide bonds. The van der Waals surface area contributed by atoms with Gasteiger partial charge < -0.3 is 10.2 Å². The summed E-state index contributed by atoms with van der Waals surface area (Å²) >= 11 is 12.1. The van der Waals surface area contributed by atoms with Gasteiger partial charge in [-0.25, -0.2) is 13.2 Å². The van der Waals surface area contributed by atoms with E-state index in [4.69, 9.17) is 23.2 Å². The Kier molecular flexibility index (Phi) is 9.51. The number of sulfonamides is 1. The molecular formula is C31H37Cl2N3O3S. The van der Waals surface area contributed by atoms with Crippen molar-refractivity contribution in [3.05, 3.63) is 97.5 Å². The zero-order chi connectivity index (χ0) is 29.2. The van der Waals surface area contributed by atoms with Gasteiger partial charge in [0.2, 0.25) is 10.0 Å². The van der Waals surface area contributed by atoms with Crippen molar-refractivity contribution in [2.45, 2.75) is 58.4 Å². The zero-order valence-electron chi connectivity index (χ0n) is 23.7. The van der Waals surface area contributed by atoms with Gasteiger partial charge in [-0.1, -0.05) is 47.5 Å². The van der Waals surface area contributed by atoms with Crippen molar-refractivity contribution in [3.63, 3.8) is 0 Å². The normalized spacial score (nSPS) is 14.6. The molecule has 1 fully saturated rings. The monoisotopic (exact) mass is 601 g/mol. The first-order chi connectivity index (χ1) is 18.9. The van der Waals surface area contributed by atoms with Crippen LogP contribution in [0.4, 0.5) is 4.79 Å². The van der Waals surface area contributed by atoms with Crippen molar-refractivity contribution in [1.82, 2.24) is 14.5 Å². The first kappa shape index (κ1) is 30.4. The minimum absolute atomic E-state index is 0.166. The van der Waals surface area contributed by atoms with Crippen LogP contribution in [0.5, 0.6) is 0 Å². The number of rotatable bonds is 7. The van der Waals surface area contributed by atoms with Crippen LogP contribution in [0.1, 0.15) is 38.9 Å². The molecule has 0 saturated carbocycles. The van der Waals surface area contributed by atoms with E-state index in [1.807, 2.05) is 83.1 Å². The third kappa shape index (κ3) is 6.65. The van der Waals surface area contributed by atoms with Crippen LogP contribution in [0.3, 0.4) is 0 Å². The molecule has 0 spiro atoms. The third-order valence-corrected chi connectivity index (χ3v) is 10.9. The van der Waals surface area contributed by atoms with Gasteiger partial charge in [0.05, 0.1) is 4.90 Å². The Morgan fingerprint density at radius 2 is 1.12 bits per heavy atom. The van der Waals surface area contributed by atoms with Gasteiger partial charge in [-0.3, -0.25) is 0 Å². The van der Waals surface area contributed by atoms with Crippen LogP contribution in [0.15, 0.2) is 53.4 Å². The number of nitrogens with one attached hydrogen (secondary N) is 1. The molecule has 0 atom stereocenters. The van der Waals surface area contributed by atoms with Gasteiger partial charge in [0.15, 0.2) is 0 Å². The number of benzene rings is 3. The molecule has 1 saturated heterocycles. The first-order valence-electron chi connectivity index (χ1n) is 13.5. The number of nitrogens with zero attached hydrogens (tertiary/aromatic N) is 2. The Hall–Kier alpha value is -2.58. The number of hydrogen-bond acceptors (Lipinski definition) is 3. The predicted molar refractivity (Wildman–Crippen MR) is 163 cm³/mol. The van der Waals surface area contributed by atoms with E-state index in [-0.39, 0.29) is 25.2 Å². The maximum atomic E-state index is 13.7. The molecule has 1 aliphatic rings. The Morgan fingerprint density at radius 1 is 0.725 bits per heavy atom. The summed E-state index contributed by atoms with van der Waals surface area (Å²) < 4.78 is 29.0. The number of halogens is 2. The number of piperazine rings is 1. The lowest BCUT2D eigenvalue weighted by Crippen LogP contribution is -2.55. The summed E-state index contributed by atoms with van der Waals surface area (Å²) in [6.07, 6.45) is 1.26. The summed E-state index contributed by atoms with van der Waals surface area (Å²) in [5.74, 6) is 0. The molecule has 0 unspecified atom stereocenters. The zero-order valence-corrected chi connectivity index (χ0v) is 26.1. The highest BCUT2D eigenvalue weighted by atomic mass is 35.5. The highest BCUT2D eigenvalue weighted by Gasteiger charge is 2.33. The Labute approximate surface area is 248 Å². The van der Waals surface area contributed by atoms with Crippen LogP contribution in [-0.2, 0) is 22.9 Å². The summed E-state index contributed by atoms with van der Waals surface area (Å²) in [5, 5.41) is 4.52. The molecule has 1 N–H and O–H groups in total. The number of hydrogen-bond donors (Lipinski definition) is 1. The number of amides is 2. The molecular weight excluding hydrogens is 565 g/mol. The highest BCUT2D eigenvalue weighted by molar-refractivity contribution is 7.89. The standard InChI is InChI=1S/C31H37Cl2N3O3S/c1-20-21(2)23(4)30(24(5)22(20)3)40(38,39)36-16-14-35(15-17-36)31(37)34-29(18-25-6-10-27(32)11-7-25)19-26-8-12-28(33)13-9-26/h6-13,29H,14-19H2,1-5H3,(H,34,37). The second-order valence-electron chi connectivity index (χ2n) is 10.7. The third-order valence-electron chi connectivity index (χ3n) is 8.17. The van der Waals surface area contributed by atoms with Crippen LogP contribution >= 0.6 is 23.2 Å². The molecule has 0 aromatic heterocycles. The molecule has 1 heterocycles. The molecule has 3 aromatic carbocycles. The van der Waals surface area contributed by atoms with E-state index in [1.165, 1.54) is 4.31 Å². The highest BCUT2D eigenvalue weighted by Crippen LogP contribution is 2.32. The lowest BCUT2D eigenvalue weighted by atomic mass is 9.95. The second-order valence-corrected chi connectivity index (χ2v) is 13.4. The van der Waals surface area contributed by atoms with Crippen molar-refractivity contribution in [3.8, 4) is 0 Å². The number of carbonyl (C=O) groups excluding carboxylic acids is 1. The Morgan fingerprint density at radius 3 is 1.55 bits per heavy atom. The van der Waals surface area contributed by atoms with E-state index in [9.17, 15) is 13.2 Å². The summed E-state index contributed by atoms with van der Waals surface area (Å²) in [5.41, 5.74) is 6.87. The van der Waals surface area contributed by atoms with Crippen LogP contribution < -0.4 is 5.32 Å². The smallest absolute Gasteiger partial charge is 0.317 e. The lowest BCUT2D eigenvalue weighted by Gasteiger charge is -2.35. The van der Waals surface area contributed by atoms with Gasteiger partial charge in [-0.05, 0) is 111 Å². The molecule has 214 valence electrons. The average Bonchev–Trinajstić information content (AvgIpc) is 2.93. The fourth-order valence-corrected chi connectivity index (χ4v) is 7.60. The quantitative estimate of drug-likeness (QED) is 0.340. The predicted octanol–water partition coefficient (Wildman–Crippen LogP) is 6.41. The second kappa shape index (κ2) is 12.5. The van der Waals surface area contributed by atoms with E-state index in [0.717, 1.165) is 38.9 Å². The minimum atomic E-state index is -3.69. The van der Waals surface area contributed by atoms with Gasteiger partial charge in [0, 0.05) is 42.3 Å². The minimum Gasteiger partial charge on any atom is -0.335 e. The summed E-state index contributed by atoms with van der Waals surface area (Å²) in [4.78, 5) is 15.5. The van der Waals surface area contributed by atoms with Gasteiger partial charge in [-0.15, -0.1) is 0 Å². The topological polar surface area (TPSA) is 69.7 Å². The van der Waals surface area contributed by atoms with Crippen LogP contribution in [-0.4, -0.2) is 55.9 Å². The van der Waals surface area contributed by atoms with Gasteiger partial charge >= 0.3 is 6.03 Å². The summed E-state index contributed by atoms with van der Waals surface area (Å²) in [6, 6.07) is 14.9. The van der Waals surface area contributed by atoms with E-state index in [0.29, 0.717) is 40.9 Å². The van der Waals surface area contributed by atoms with E-state index < -0.39 is 10.0 Å². The van der Waals surface area contributed by atoms with Crippen molar-refractivity contribution in [1.29, 1.82) is 0 Å². The van der Waals surface area contributed by atoms with E-state index in [1.54, 1.807) is 4.90 Å². The molecule has 3 aromatic rings. The number of urea groups is 1. The maximum absolute atomic E-state index is 13.7. The summed E-state index contributed by atoms with van der Waals surface area (Å²) in [7, 11) is -3.69.